The zero-order chi connectivity index (χ0) is 16.7. The molecule has 2 aromatic heterocycles. The van der Waals surface area contributed by atoms with Crippen LogP contribution in [0.15, 0.2) is 12.4 Å². The smallest absolute Gasteiger partial charge is 0.257 e. The van der Waals surface area contributed by atoms with Gasteiger partial charge in [-0.2, -0.15) is 20.5 Å². The molecule has 8 nitrogen and oxygen atoms in total. The molecule has 128 valence electrons. The summed E-state index contributed by atoms with van der Waals surface area (Å²) < 4.78 is 2.00. The Morgan fingerprint density at radius 3 is 2.88 bits per heavy atom. The molecule has 4 rings (SSSR count). The Morgan fingerprint density at radius 2 is 2.17 bits per heavy atom. The van der Waals surface area contributed by atoms with Crippen molar-refractivity contribution < 1.29 is 9.90 Å². The molecule has 1 atom stereocenters. The Kier molecular flexibility index (Phi) is 3.64. The monoisotopic (exact) mass is 330 g/mol. The molecule has 2 N–H and O–H groups in total. The van der Waals surface area contributed by atoms with E-state index < -0.39 is 5.60 Å². The normalized spacial score (nSPS) is 24.8. The number of H-pyrrole nitrogens is 1. The van der Waals surface area contributed by atoms with Crippen LogP contribution in [0, 0.1) is 6.92 Å². The number of likely N-dealkylation sites (tertiary alicyclic amines) is 1. The standard InChI is InChI=1S/C16H22N6O2/c1-11-13(8-18-22(11)12-4-2-3-5-12)15(23)21-7-6-16(24,10-21)14-9-17-20-19-14/h8-9,12,24H,2-7,10H2,1H3,(H,17,19,20). The van der Waals surface area contributed by atoms with Gasteiger partial charge in [-0.1, -0.05) is 12.8 Å². The van der Waals surface area contributed by atoms with E-state index >= 15 is 0 Å². The van der Waals surface area contributed by atoms with Gasteiger partial charge in [0.15, 0.2) is 0 Å². The van der Waals surface area contributed by atoms with Crippen LogP contribution in [0.3, 0.4) is 0 Å². The maximum absolute atomic E-state index is 12.9. The van der Waals surface area contributed by atoms with Crippen molar-refractivity contribution in [3.63, 3.8) is 0 Å². The first-order chi connectivity index (χ1) is 11.6. The predicted molar refractivity (Wildman–Crippen MR) is 85.3 cm³/mol. The highest BCUT2D eigenvalue weighted by atomic mass is 16.3. The number of hydrogen-bond donors (Lipinski definition) is 2. The van der Waals surface area contributed by atoms with Crippen LogP contribution in [0.4, 0.5) is 0 Å². The van der Waals surface area contributed by atoms with Crippen LogP contribution in [0.2, 0.25) is 0 Å². The first-order valence-corrected chi connectivity index (χ1v) is 8.50. The number of carbonyl (C=O) groups is 1. The number of aromatic nitrogens is 5. The van der Waals surface area contributed by atoms with Crippen molar-refractivity contribution in [3.8, 4) is 0 Å². The summed E-state index contributed by atoms with van der Waals surface area (Å²) in [6.45, 7) is 2.68. The molecule has 0 aromatic carbocycles. The molecule has 8 heteroatoms. The molecule has 1 amide bonds. The molecule has 1 aliphatic heterocycles. The largest absolute Gasteiger partial charge is 0.381 e. The first-order valence-electron chi connectivity index (χ1n) is 8.50. The van der Waals surface area contributed by atoms with Crippen molar-refractivity contribution in [2.45, 2.75) is 50.7 Å². The quantitative estimate of drug-likeness (QED) is 0.879. The fourth-order valence-electron chi connectivity index (χ4n) is 3.92. The summed E-state index contributed by atoms with van der Waals surface area (Å²) in [6, 6.07) is 0.414. The number of aromatic amines is 1. The van der Waals surface area contributed by atoms with Crippen molar-refractivity contribution in [1.29, 1.82) is 0 Å². The van der Waals surface area contributed by atoms with Gasteiger partial charge in [0.2, 0.25) is 0 Å². The lowest BCUT2D eigenvalue weighted by Gasteiger charge is -2.21. The topological polar surface area (TPSA) is 99.9 Å². The van der Waals surface area contributed by atoms with Crippen LogP contribution in [0.1, 0.15) is 59.9 Å². The van der Waals surface area contributed by atoms with Gasteiger partial charge < -0.3 is 10.0 Å². The third-order valence-electron chi connectivity index (χ3n) is 5.37. The Bertz CT molecular complexity index is 734. The SMILES string of the molecule is Cc1c(C(=O)N2CCC(O)(c3cn[nH]n3)C2)cnn1C1CCCC1. The minimum absolute atomic E-state index is 0.0730. The van der Waals surface area contributed by atoms with Gasteiger partial charge in [-0.15, -0.1) is 0 Å². The molecule has 2 aliphatic rings. The summed E-state index contributed by atoms with van der Waals surface area (Å²) >= 11 is 0. The van der Waals surface area contributed by atoms with Gasteiger partial charge in [-0.25, -0.2) is 0 Å². The molecular formula is C16H22N6O2. The van der Waals surface area contributed by atoms with Gasteiger partial charge in [0.25, 0.3) is 5.91 Å². The molecule has 2 aromatic rings. The fraction of sp³-hybridized carbons (Fsp3) is 0.625. The fourth-order valence-corrected chi connectivity index (χ4v) is 3.92. The summed E-state index contributed by atoms with van der Waals surface area (Å²) in [6.07, 6.45) is 8.35. The average molecular weight is 330 g/mol. The molecule has 1 saturated carbocycles. The van der Waals surface area contributed by atoms with Gasteiger partial charge in [-0.05, 0) is 19.8 Å². The van der Waals surface area contributed by atoms with E-state index in [0.29, 0.717) is 30.3 Å². The molecule has 1 aliphatic carbocycles. The van der Waals surface area contributed by atoms with E-state index in [9.17, 15) is 9.90 Å². The summed E-state index contributed by atoms with van der Waals surface area (Å²) in [5.74, 6) is -0.0730. The van der Waals surface area contributed by atoms with E-state index in [1.807, 2.05) is 11.6 Å². The molecular weight excluding hydrogens is 308 g/mol. The Balaban J connectivity index is 1.53. The number of nitrogens with zero attached hydrogens (tertiary/aromatic N) is 5. The summed E-state index contributed by atoms with van der Waals surface area (Å²) in [4.78, 5) is 14.5. The Morgan fingerprint density at radius 1 is 1.38 bits per heavy atom. The number of rotatable bonds is 3. The van der Waals surface area contributed by atoms with Crippen LogP contribution in [0.5, 0.6) is 0 Å². The van der Waals surface area contributed by atoms with Crippen molar-refractivity contribution in [3.05, 3.63) is 29.3 Å². The molecule has 3 heterocycles. The summed E-state index contributed by atoms with van der Waals surface area (Å²) in [5, 5.41) is 25.4. The minimum atomic E-state index is -1.13. The van der Waals surface area contributed by atoms with Gasteiger partial charge >= 0.3 is 0 Å². The third-order valence-corrected chi connectivity index (χ3v) is 5.37. The van der Waals surface area contributed by atoms with Crippen LogP contribution >= 0.6 is 0 Å². The zero-order valence-corrected chi connectivity index (χ0v) is 13.8. The predicted octanol–water partition coefficient (Wildman–Crippen LogP) is 1.16. The zero-order valence-electron chi connectivity index (χ0n) is 13.8. The molecule has 0 radical (unpaired) electrons. The van der Waals surface area contributed by atoms with Gasteiger partial charge in [0, 0.05) is 18.7 Å². The van der Waals surface area contributed by atoms with Crippen LogP contribution < -0.4 is 0 Å². The van der Waals surface area contributed by atoms with Crippen molar-refractivity contribution in [1.82, 2.24) is 30.1 Å². The van der Waals surface area contributed by atoms with E-state index in [1.165, 1.54) is 19.0 Å². The minimum Gasteiger partial charge on any atom is -0.381 e. The molecule has 1 unspecified atom stereocenters. The van der Waals surface area contributed by atoms with Gasteiger partial charge in [0.1, 0.15) is 11.3 Å². The second kappa shape index (κ2) is 5.70. The van der Waals surface area contributed by atoms with E-state index in [0.717, 1.165) is 18.5 Å². The summed E-state index contributed by atoms with van der Waals surface area (Å²) in [5.41, 5.74) is 0.907. The number of β-amino-alcohol motifs (C(OH)–C–C–N with tert-alkyl or cyclic N) is 1. The average Bonchev–Trinajstić information content (AvgIpc) is 3.34. The van der Waals surface area contributed by atoms with Crippen molar-refractivity contribution in [2.24, 2.45) is 0 Å². The highest BCUT2D eigenvalue weighted by Crippen LogP contribution is 2.33. The lowest BCUT2D eigenvalue weighted by atomic mass is 10.00. The van der Waals surface area contributed by atoms with E-state index in [-0.39, 0.29) is 12.5 Å². The van der Waals surface area contributed by atoms with E-state index in [4.69, 9.17) is 0 Å². The van der Waals surface area contributed by atoms with Crippen LogP contribution in [-0.2, 0) is 5.60 Å². The highest BCUT2D eigenvalue weighted by Gasteiger charge is 2.42. The molecule has 0 bridgehead atoms. The first kappa shape index (κ1) is 15.3. The van der Waals surface area contributed by atoms with Gasteiger partial charge in [-0.3, -0.25) is 9.48 Å². The number of aliphatic hydroxyl groups is 1. The molecule has 24 heavy (non-hydrogen) atoms. The third kappa shape index (κ3) is 2.41. The molecule has 2 fully saturated rings. The Hall–Kier alpha value is -2.22. The molecule has 0 spiro atoms. The van der Waals surface area contributed by atoms with Gasteiger partial charge in [0.05, 0.1) is 30.5 Å². The summed E-state index contributed by atoms with van der Waals surface area (Å²) in [7, 11) is 0. The van der Waals surface area contributed by atoms with E-state index in [2.05, 4.69) is 20.5 Å². The maximum atomic E-state index is 12.9. The van der Waals surface area contributed by atoms with Crippen molar-refractivity contribution in [2.75, 3.05) is 13.1 Å². The highest BCUT2D eigenvalue weighted by molar-refractivity contribution is 5.95. The van der Waals surface area contributed by atoms with Crippen LogP contribution in [0.25, 0.3) is 0 Å². The second-order valence-corrected chi connectivity index (χ2v) is 6.89. The maximum Gasteiger partial charge on any atom is 0.257 e. The number of carbonyl (C=O) groups excluding carboxylic acids is 1. The second-order valence-electron chi connectivity index (χ2n) is 6.89. The van der Waals surface area contributed by atoms with E-state index in [1.54, 1.807) is 11.1 Å². The van der Waals surface area contributed by atoms with Crippen LogP contribution in [-0.4, -0.2) is 54.2 Å². The number of nitrogens with one attached hydrogen (secondary N) is 1. The molecule has 1 saturated heterocycles. The Labute approximate surface area is 139 Å². The number of hydrogen-bond acceptors (Lipinski definition) is 5. The number of amides is 1. The van der Waals surface area contributed by atoms with Crippen molar-refractivity contribution >= 4 is 5.91 Å². The lowest BCUT2D eigenvalue weighted by Crippen LogP contribution is -2.34. The lowest BCUT2D eigenvalue weighted by molar-refractivity contribution is 0.0382.